The topological polar surface area (TPSA) is 20.2 Å². The Hall–Kier alpha value is -0.890. The van der Waals surface area contributed by atoms with E-state index in [0.29, 0.717) is 6.42 Å². The van der Waals surface area contributed by atoms with Gasteiger partial charge in [-0.05, 0) is 40.5 Å². The first-order valence-corrected chi connectivity index (χ1v) is 6.61. The molecule has 0 saturated carbocycles. The molecule has 1 aliphatic carbocycles. The highest BCUT2D eigenvalue weighted by atomic mass is 19.1. The summed E-state index contributed by atoms with van der Waals surface area (Å²) in [5.41, 5.74) is 1.96. The Labute approximate surface area is 109 Å². The molecule has 1 aromatic rings. The van der Waals surface area contributed by atoms with Gasteiger partial charge in [0.25, 0.3) is 0 Å². The Morgan fingerprint density at radius 2 is 1.89 bits per heavy atom. The normalized spacial score (nSPS) is 26.8. The van der Waals surface area contributed by atoms with E-state index in [0.717, 1.165) is 11.1 Å². The number of rotatable bonds is 0. The van der Waals surface area contributed by atoms with Crippen LogP contribution in [-0.2, 0) is 5.41 Å². The predicted molar refractivity (Wildman–Crippen MR) is 72.2 cm³/mol. The second-order valence-electron chi connectivity index (χ2n) is 7.23. The molecule has 0 heterocycles. The van der Waals surface area contributed by atoms with Gasteiger partial charge in [0.15, 0.2) is 0 Å². The number of hydrogen-bond donors (Lipinski definition) is 1. The monoisotopic (exact) mass is 250 g/mol. The molecule has 2 unspecified atom stereocenters. The van der Waals surface area contributed by atoms with Crippen LogP contribution >= 0.6 is 0 Å². The van der Waals surface area contributed by atoms with Crippen molar-refractivity contribution >= 4 is 0 Å². The third kappa shape index (κ3) is 2.18. The zero-order valence-corrected chi connectivity index (χ0v) is 11.9. The van der Waals surface area contributed by atoms with Crippen LogP contribution in [0.2, 0.25) is 0 Å². The van der Waals surface area contributed by atoms with E-state index >= 15 is 0 Å². The van der Waals surface area contributed by atoms with Gasteiger partial charge < -0.3 is 5.11 Å². The number of aliphatic hydroxyl groups is 1. The molecule has 0 aliphatic heterocycles. The molecule has 0 amide bonds. The van der Waals surface area contributed by atoms with E-state index in [1.54, 1.807) is 6.07 Å². The van der Waals surface area contributed by atoms with E-state index < -0.39 is 0 Å². The quantitative estimate of drug-likeness (QED) is 0.738. The average Bonchev–Trinajstić information content (AvgIpc) is 2.16. The smallest absolute Gasteiger partial charge is 0.123 e. The van der Waals surface area contributed by atoms with E-state index in [1.165, 1.54) is 6.07 Å². The van der Waals surface area contributed by atoms with E-state index in [4.69, 9.17) is 0 Å². The molecule has 0 aromatic heterocycles. The summed E-state index contributed by atoms with van der Waals surface area (Å²) in [4.78, 5) is 0. The first-order valence-electron chi connectivity index (χ1n) is 6.61. The molecule has 2 atom stereocenters. The third-order valence-electron chi connectivity index (χ3n) is 4.12. The number of aliphatic hydroxyl groups excluding tert-OH is 1. The van der Waals surface area contributed by atoms with Crippen LogP contribution in [0.25, 0.3) is 0 Å². The summed E-state index contributed by atoms with van der Waals surface area (Å²) in [6, 6.07) is 5.00. The highest BCUT2D eigenvalue weighted by molar-refractivity contribution is 5.41. The van der Waals surface area contributed by atoms with Crippen LogP contribution in [0.3, 0.4) is 0 Å². The van der Waals surface area contributed by atoms with E-state index in [9.17, 15) is 9.50 Å². The molecule has 100 valence electrons. The molecule has 0 spiro atoms. The Kier molecular flexibility index (Phi) is 3.05. The van der Waals surface area contributed by atoms with Crippen molar-refractivity contribution in [2.24, 2.45) is 5.41 Å². The van der Waals surface area contributed by atoms with Gasteiger partial charge in [0.05, 0.1) is 6.10 Å². The van der Waals surface area contributed by atoms with Gasteiger partial charge >= 0.3 is 0 Å². The fourth-order valence-electron chi connectivity index (χ4n) is 3.39. The number of benzene rings is 1. The second kappa shape index (κ2) is 4.06. The minimum Gasteiger partial charge on any atom is -0.392 e. The first-order chi connectivity index (χ1) is 8.13. The molecular formula is C16H23FO. The minimum absolute atomic E-state index is 0.0253. The Bertz CT molecular complexity index is 457. The average molecular weight is 250 g/mol. The fourth-order valence-corrected chi connectivity index (χ4v) is 3.39. The zero-order chi connectivity index (χ0) is 13.7. The highest BCUT2D eigenvalue weighted by Gasteiger charge is 2.43. The summed E-state index contributed by atoms with van der Waals surface area (Å²) in [5, 5.41) is 10.5. The number of fused-ring (bicyclic) bond motifs is 1. The molecule has 1 aromatic carbocycles. The van der Waals surface area contributed by atoms with Crippen molar-refractivity contribution < 1.29 is 9.50 Å². The van der Waals surface area contributed by atoms with Gasteiger partial charge in [-0.25, -0.2) is 4.39 Å². The Morgan fingerprint density at radius 3 is 2.44 bits per heavy atom. The largest absolute Gasteiger partial charge is 0.392 e. The molecule has 0 fully saturated rings. The van der Waals surface area contributed by atoms with Gasteiger partial charge in [-0.15, -0.1) is 0 Å². The molecule has 0 bridgehead atoms. The van der Waals surface area contributed by atoms with Gasteiger partial charge in [0, 0.05) is 5.92 Å². The van der Waals surface area contributed by atoms with Crippen molar-refractivity contribution in [1.29, 1.82) is 0 Å². The molecule has 1 nitrogen and oxygen atoms in total. The maximum atomic E-state index is 13.5. The summed E-state index contributed by atoms with van der Waals surface area (Å²) < 4.78 is 13.5. The van der Waals surface area contributed by atoms with Crippen LogP contribution in [0.15, 0.2) is 18.2 Å². The van der Waals surface area contributed by atoms with Crippen LogP contribution in [0.1, 0.15) is 58.1 Å². The molecule has 2 heteroatoms. The van der Waals surface area contributed by atoms with Gasteiger partial charge in [0.2, 0.25) is 0 Å². The van der Waals surface area contributed by atoms with Crippen LogP contribution < -0.4 is 0 Å². The SMILES string of the molecule is CC1(C)CC(O)C(C(C)(C)C)c2ccc(F)cc21. The molecule has 0 radical (unpaired) electrons. The fraction of sp³-hybridized carbons (Fsp3) is 0.625. The van der Waals surface area contributed by atoms with Gasteiger partial charge in [-0.2, -0.15) is 0 Å². The Balaban J connectivity index is 2.63. The van der Waals surface area contributed by atoms with Crippen LogP contribution in [0.5, 0.6) is 0 Å². The van der Waals surface area contributed by atoms with Crippen LogP contribution in [-0.4, -0.2) is 11.2 Å². The predicted octanol–water partition coefficient (Wildman–Crippen LogP) is 4.00. The zero-order valence-electron chi connectivity index (χ0n) is 11.9. The molecule has 2 rings (SSSR count). The lowest BCUT2D eigenvalue weighted by atomic mass is 9.61. The molecule has 0 saturated heterocycles. The van der Waals surface area contributed by atoms with E-state index in [1.807, 2.05) is 6.07 Å². The summed E-state index contributed by atoms with van der Waals surface area (Å²) in [5.74, 6) is -0.119. The van der Waals surface area contributed by atoms with Crippen LogP contribution in [0, 0.1) is 11.2 Å². The lowest BCUT2D eigenvalue weighted by Crippen LogP contribution is -2.41. The molecule has 1 aliphatic rings. The first kappa shape index (κ1) is 13.5. The standard InChI is InChI=1S/C16H23FO/c1-15(2,3)14-11-7-6-10(17)8-12(11)16(4,5)9-13(14)18/h6-8,13-14,18H,9H2,1-5H3. The highest BCUT2D eigenvalue weighted by Crippen LogP contribution is 2.49. The lowest BCUT2D eigenvalue weighted by molar-refractivity contribution is 0.0529. The number of hydrogen-bond acceptors (Lipinski definition) is 1. The van der Waals surface area contributed by atoms with Crippen molar-refractivity contribution in [3.8, 4) is 0 Å². The summed E-state index contributed by atoms with van der Waals surface area (Å²) in [7, 11) is 0. The summed E-state index contributed by atoms with van der Waals surface area (Å²) >= 11 is 0. The minimum atomic E-state index is -0.363. The van der Waals surface area contributed by atoms with Gasteiger partial charge in [-0.1, -0.05) is 40.7 Å². The molecule has 1 N–H and O–H groups in total. The van der Waals surface area contributed by atoms with Crippen molar-refractivity contribution in [2.45, 2.75) is 58.5 Å². The maximum Gasteiger partial charge on any atom is 0.123 e. The van der Waals surface area contributed by atoms with Crippen molar-refractivity contribution in [3.63, 3.8) is 0 Å². The Morgan fingerprint density at radius 1 is 1.28 bits per heavy atom. The van der Waals surface area contributed by atoms with Gasteiger partial charge in [-0.3, -0.25) is 0 Å². The lowest BCUT2D eigenvalue weighted by Gasteiger charge is -2.45. The molecular weight excluding hydrogens is 227 g/mol. The van der Waals surface area contributed by atoms with Crippen molar-refractivity contribution in [2.75, 3.05) is 0 Å². The number of halogens is 1. The van der Waals surface area contributed by atoms with E-state index in [-0.39, 0.29) is 28.7 Å². The van der Waals surface area contributed by atoms with Gasteiger partial charge in [0.1, 0.15) is 5.82 Å². The summed E-state index contributed by atoms with van der Waals surface area (Å²) in [6.07, 6.45) is 0.323. The van der Waals surface area contributed by atoms with Crippen LogP contribution in [0.4, 0.5) is 4.39 Å². The van der Waals surface area contributed by atoms with E-state index in [2.05, 4.69) is 34.6 Å². The van der Waals surface area contributed by atoms with Crippen molar-refractivity contribution in [3.05, 3.63) is 35.1 Å². The maximum absolute atomic E-state index is 13.5. The summed E-state index contributed by atoms with van der Waals surface area (Å²) in [6.45, 7) is 10.5. The second-order valence-corrected chi connectivity index (χ2v) is 7.23. The molecule has 18 heavy (non-hydrogen) atoms. The third-order valence-corrected chi connectivity index (χ3v) is 4.12. The van der Waals surface area contributed by atoms with Crippen molar-refractivity contribution in [1.82, 2.24) is 0 Å².